The van der Waals surface area contributed by atoms with Crippen LogP contribution in [0.5, 0.6) is 0 Å². The van der Waals surface area contributed by atoms with Crippen molar-refractivity contribution >= 4 is 0 Å². The van der Waals surface area contributed by atoms with E-state index in [9.17, 15) is 10.2 Å². The summed E-state index contributed by atoms with van der Waals surface area (Å²) in [4.78, 5) is 4.64. The summed E-state index contributed by atoms with van der Waals surface area (Å²) >= 11 is 0. The Kier molecular flexibility index (Phi) is 6.52. The van der Waals surface area contributed by atoms with Crippen molar-refractivity contribution in [3.05, 3.63) is 23.7 Å². The number of aryl methyl sites for hydroxylation is 1. The third-order valence-electron chi connectivity index (χ3n) is 5.62. The molecular formula is C19H32N2O4. The molecule has 6 heteroatoms. The van der Waals surface area contributed by atoms with Gasteiger partial charge in [0.15, 0.2) is 0 Å². The highest BCUT2D eigenvalue weighted by Gasteiger charge is 2.37. The minimum Gasteiger partial charge on any atom is -0.465 e. The molecule has 2 aliphatic rings. The Morgan fingerprint density at radius 3 is 2.60 bits per heavy atom. The van der Waals surface area contributed by atoms with Crippen LogP contribution in [0.2, 0.25) is 0 Å². The van der Waals surface area contributed by atoms with Crippen molar-refractivity contribution in [2.45, 2.75) is 63.4 Å². The number of likely N-dealkylation sites (tertiary alicyclic amines) is 1. The van der Waals surface area contributed by atoms with E-state index in [1.807, 2.05) is 7.05 Å². The number of furan rings is 1. The first-order valence-corrected chi connectivity index (χ1v) is 9.54. The topological polar surface area (TPSA) is 69.3 Å². The van der Waals surface area contributed by atoms with Crippen molar-refractivity contribution < 1.29 is 19.4 Å². The molecule has 25 heavy (non-hydrogen) atoms. The van der Waals surface area contributed by atoms with Gasteiger partial charge < -0.3 is 19.4 Å². The molecule has 0 radical (unpaired) electrons. The van der Waals surface area contributed by atoms with E-state index in [0.717, 1.165) is 56.8 Å². The zero-order valence-corrected chi connectivity index (χ0v) is 15.4. The van der Waals surface area contributed by atoms with E-state index in [-0.39, 0.29) is 12.6 Å². The molecule has 0 aromatic carbocycles. The number of aliphatic hydroxyl groups is 2. The van der Waals surface area contributed by atoms with Crippen LogP contribution >= 0.6 is 0 Å². The zero-order chi connectivity index (χ0) is 17.8. The average molecular weight is 352 g/mol. The van der Waals surface area contributed by atoms with Gasteiger partial charge in [-0.05, 0) is 38.4 Å². The van der Waals surface area contributed by atoms with Crippen LogP contribution in [-0.2, 0) is 17.7 Å². The van der Waals surface area contributed by atoms with Crippen LogP contribution in [0.3, 0.4) is 0 Å². The summed E-state index contributed by atoms with van der Waals surface area (Å²) in [7, 11) is 2.04. The van der Waals surface area contributed by atoms with E-state index in [1.165, 1.54) is 0 Å². The summed E-state index contributed by atoms with van der Waals surface area (Å²) in [6.07, 6.45) is 2.71. The largest absolute Gasteiger partial charge is 0.465 e. The number of piperidine rings is 1. The zero-order valence-electron chi connectivity index (χ0n) is 15.4. The monoisotopic (exact) mass is 352 g/mol. The summed E-state index contributed by atoms with van der Waals surface area (Å²) in [5.74, 6) is 2.13. The van der Waals surface area contributed by atoms with Crippen LogP contribution in [-0.4, -0.2) is 77.7 Å². The lowest BCUT2D eigenvalue weighted by atomic mass is 9.97. The van der Waals surface area contributed by atoms with Gasteiger partial charge in [-0.3, -0.25) is 9.80 Å². The van der Waals surface area contributed by atoms with Crippen molar-refractivity contribution in [2.24, 2.45) is 0 Å². The van der Waals surface area contributed by atoms with Gasteiger partial charge >= 0.3 is 0 Å². The van der Waals surface area contributed by atoms with E-state index in [2.05, 4.69) is 28.9 Å². The lowest BCUT2D eigenvalue weighted by Gasteiger charge is -2.44. The quantitative estimate of drug-likeness (QED) is 0.803. The normalized spacial score (nSPS) is 29.4. The molecule has 142 valence electrons. The van der Waals surface area contributed by atoms with E-state index in [0.29, 0.717) is 12.6 Å². The standard InChI is InChI=1S/C19H32N2O4/c1-3-4-15-5-6-16(25-15)11-21-9-7-14(8-10-21)20(2)17-12-24-13-18(22)19(17)23/h5-6,14,17-19,22-23H,3-4,7-13H2,1-2H3/t17-,18-,19+/m1/s1. The van der Waals surface area contributed by atoms with Gasteiger partial charge in [-0.2, -0.15) is 0 Å². The van der Waals surface area contributed by atoms with E-state index in [1.54, 1.807) is 0 Å². The molecule has 0 unspecified atom stereocenters. The fourth-order valence-electron chi connectivity index (χ4n) is 3.99. The molecule has 0 spiro atoms. The molecule has 0 amide bonds. The van der Waals surface area contributed by atoms with Gasteiger partial charge in [0.25, 0.3) is 0 Å². The SMILES string of the molecule is CCCc1ccc(CN2CCC(N(C)[C@@H]3COC[C@@H](O)[C@H]3O)CC2)o1. The smallest absolute Gasteiger partial charge is 0.118 e. The molecule has 1 aromatic rings. The van der Waals surface area contributed by atoms with Crippen molar-refractivity contribution in [1.29, 1.82) is 0 Å². The van der Waals surface area contributed by atoms with Crippen molar-refractivity contribution in [2.75, 3.05) is 33.4 Å². The van der Waals surface area contributed by atoms with Crippen LogP contribution in [0, 0.1) is 0 Å². The van der Waals surface area contributed by atoms with E-state index < -0.39 is 12.2 Å². The van der Waals surface area contributed by atoms with Crippen LogP contribution in [0.25, 0.3) is 0 Å². The minimum atomic E-state index is -0.780. The molecule has 0 saturated carbocycles. The van der Waals surface area contributed by atoms with Gasteiger partial charge in [0.2, 0.25) is 0 Å². The number of rotatable bonds is 6. The first-order valence-electron chi connectivity index (χ1n) is 9.54. The molecular weight excluding hydrogens is 320 g/mol. The molecule has 3 atom stereocenters. The third-order valence-corrected chi connectivity index (χ3v) is 5.62. The maximum Gasteiger partial charge on any atom is 0.118 e. The molecule has 1 aromatic heterocycles. The lowest BCUT2D eigenvalue weighted by Crippen LogP contribution is -2.58. The summed E-state index contributed by atoms with van der Waals surface area (Å²) in [5.41, 5.74) is 0. The number of likely N-dealkylation sites (N-methyl/N-ethyl adjacent to an activating group) is 1. The highest BCUT2D eigenvalue weighted by molar-refractivity contribution is 5.07. The molecule has 2 aliphatic heterocycles. The molecule has 2 saturated heterocycles. The van der Waals surface area contributed by atoms with Gasteiger partial charge in [0.05, 0.1) is 31.9 Å². The Morgan fingerprint density at radius 1 is 1.16 bits per heavy atom. The molecule has 0 bridgehead atoms. The fraction of sp³-hybridized carbons (Fsp3) is 0.789. The Bertz CT molecular complexity index is 527. The second-order valence-corrected chi connectivity index (χ2v) is 7.45. The highest BCUT2D eigenvalue weighted by atomic mass is 16.5. The van der Waals surface area contributed by atoms with E-state index >= 15 is 0 Å². The van der Waals surface area contributed by atoms with Gasteiger partial charge in [0, 0.05) is 25.6 Å². The van der Waals surface area contributed by atoms with Crippen LogP contribution in [0.1, 0.15) is 37.7 Å². The second-order valence-electron chi connectivity index (χ2n) is 7.45. The predicted octanol–water partition coefficient (Wildman–Crippen LogP) is 1.25. The van der Waals surface area contributed by atoms with Gasteiger partial charge in [-0.15, -0.1) is 0 Å². The number of aliphatic hydroxyl groups excluding tert-OH is 2. The van der Waals surface area contributed by atoms with Crippen LogP contribution in [0.15, 0.2) is 16.5 Å². The molecule has 2 N–H and O–H groups in total. The summed E-state index contributed by atoms with van der Waals surface area (Å²) in [6, 6.07) is 4.48. The Hall–Kier alpha value is -0.920. The van der Waals surface area contributed by atoms with Gasteiger partial charge in [-0.25, -0.2) is 0 Å². The van der Waals surface area contributed by atoms with Gasteiger partial charge in [0.1, 0.15) is 17.6 Å². The number of nitrogens with zero attached hydrogens (tertiary/aromatic N) is 2. The average Bonchev–Trinajstić information content (AvgIpc) is 3.05. The first-order chi connectivity index (χ1) is 12.1. The lowest BCUT2D eigenvalue weighted by molar-refractivity contribution is -0.137. The summed E-state index contributed by atoms with van der Waals surface area (Å²) < 4.78 is 11.3. The molecule has 2 fully saturated rings. The Morgan fingerprint density at radius 2 is 1.88 bits per heavy atom. The van der Waals surface area contributed by atoms with E-state index in [4.69, 9.17) is 9.15 Å². The van der Waals surface area contributed by atoms with Crippen LogP contribution < -0.4 is 0 Å². The summed E-state index contributed by atoms with van der Waals surface area (Å²) in [5, 5.41) is 20.1. The number of hydrogen-bond donors (Lipinski definition) is 2. The molecule has 3 rings (SSSR count). The molecule has 6 nitrogen and oxygen atoms in total. The third kappa shape index (κ3) is 4.63. The number of ether oxygens (including phenoxy) is 1. The molecule has 3 heterocycles. The maximum absolute atomic E-state index is 10.2. The molecule has 0 aliphatic carbocycles. The maximum atomic E-state index is 10.2. The highest BCUT2D eigenvalue weighted by Crippen LogP contribution is 2.23. The Balaban J connectivity index is 1.47. The number of hydrogen-bond acceptors (Lipinski definition) is 6. The predicted molar refractivity (Wildman–Crippen MR) is 95.4 cm³/mol. The first kappa shape index (κ1) is 18.9. The van der Waals surface area contributed by atoms with Crippen molar-refractivity contribution in [3.8, 4) is 0 Å². The van der Waals surface area contributed by atoms with Crippen molar-refractivity contribution in [1.82, 2.24) is 9.80 Å². The second kappa shape index (κ2) is 8.64. The van der Waals surface area contributed by atoms with Gasteiger partial charge in [-0.1, -0.05) is 6.92 Å². The summed E-state index contributed by atoms with van der Waals surface area (Å²) in [6.45, 7) is 5.79. The fourth-order valence-corrected chi connectivity index (χ4v) is 3.99. The Labute approximate surface area is 150 Å². The minimum absolute atomic E-state index is 0.123. The van der Waals surface area contributed by atoms with Crippen LogP contribution in [0.4, 0.5) is 0 Å². The van der Waals surface area contributed by atoms with Crippen molar-refractivity contribution in [3.63, 3.8) is 0 Å².